The molecule has 1 unspecified atom stereocenters. The summed E-state index contributed by atoms with van der Waals surface area (Å²) in [7, 11) is 0. The number of Topliss-reactive ketones (excluding diaryl/α,β-unsaturated/α-hetero) is 1. The molecule has 0 aromatic heterocycles. The lowest BCUT2D eigenvalue weighted by Crippen LogP contribution is -2.32. The Morgan fingerprint density at radius 3 is 2.22 bits per heavy atom. The van der Waals surface area contributed by atoms with Gasteiger partial charge in [0.25, 0.3) is 0 Å². The maximum Gasteiger partial charge on any atom is 0.326 e. The van der Waals surface area contributed by atoms with Gasteiger partial charge >= 0.3 is 5.97 Å². The van der Waals surface area contributed by atoms with Crippen molar-refractivity contribution in [2.45, 2.75) is 19.4 Å². The minimum Gasteiger partial charge on any atom is -0.492 e. The summed E-state index contributed by atoms with van der Waals surface area (Å²) in [4.78, 5) is 38.1. The standard InChI is InChI=1S/C38H34N2O5/c1-25(2)36(41)32-21-18-27-10-6-7-13-30(27)35(32)39-22-23-45-29-19-16-26(17-20-29)24-34(38(43)44)40-33-15-9-8-14-31(33)37(42)28-11-4-3-5-12-28/h3-21,34,39-40H,1,22-24H2,2H3,(H,43,44). The molecular formula is C38H34N2O5. The van der Waals surface area contributed by atoms with Crippen molar-refractivity contribution in [2.75, 3.05) is 23.8 Å². The highest BCUT2D eigenvalue weighted by molar-refractivity contribution is 6.16. The lowest BCUT2D eigenvalue weighted by molar-refractivity contribution is -0.137. The van der Waals surface area contributed by atoms with E-state index >= 15 is 0 Å². The van der Waals surface area contributed by atoms with Gasteiger partial charge in [-0.3, -0.25) is 9.59 Å². The van der Waals surface area contributed by atoms with E-state index < -0.39 is 12.0 Å². The molecule has 0 saturated carbocycles. The van der Waals surface area contributed by atoms with E-state index in [1.807, 2.05) is 54.6 Å². The number of ether oxygens (including phenoxy) is 1. The first kappa shape index (κ1) is 30.8. The molecule has 3 N–H and O–H groups in total. The van der Waals surface area contributed by atoms with Crippen LogP contribution in [-0.4, -0.2) is 41.8 Å². The maximum absolute atomic E-state index is 13.1. The number of benzene rings is 5. The van der Waals surface area contributed by atoms with Crippen LogP contribution in [0.3, 0.4) is 0 Å². The molecule has 7 heteroatoms. The molecule has 7 nitrogen and oxygen atoms in total. The van der Waals surface area contributed by atoms with Gasteiger partial charge in [-0.15, -0.1) is 0 Å². The van der Waals surface area contributed by atoms with Crippen molar-refractivity contribution in [3.63, 3.8) is 0 Å². The van der Waals surface area contributed by atoms with Gasteiger partial charge in [-0.25, -0.2) is 4.79 Å². The van der Waals surface area contributed by atoms with Crippen LogP contribution in [0.15, 0.2) is 127 Å². The topological polar surface area (TPSA) is 105 Å². The number of carbonyl (C=O) groups excluding carboxylic acids is 2. The second-order valence-electron chi connectivity index (χ2n) is 10.7. The predicted octanol–water partition coefficient (Wildman–Crippen LogP) is 7.43. The Labute approximate surface area is 262 Å². The Bertz CT molecular complexity index is 1850. The molecule has 0 radical (unpaired) electrons. The summed E-state index contributed by atoms with van der Waals surface area (Å²) in [6.07, 6.45) is 0.200. The van der Waals surface area contributed by atoms with Crippen LogP contribution in [0.25, 0.3) is 10.8 Å². The van der Waals surface area contributed by atoms with Crippen molar-refractivity contribution in [2.24, 2.45) is 0 Å². The summed E-state index contributed by atoms with van der Waals surface area (Å²) in [5.41, 5.74) is 3.99. The monoisotopic (exact) mass is 598 g/mol. The lowest BCUT2D eigenvalue weighted by Gasteiger charge is -2.18. The fourth-order valence-electron chi connectivity index (χ4n) is 5.12. The number of fused-ring (bicyclic) bond motifs is 1. The third-order valence-corrected chi connectivity index (χ3v) is 7.43. The van der Waals surface area contributed by atoms with Crippen LogP contribution in [0.2, 0.25) is 0 Å². The summed E-state index contributed by atoms with van der Waals surface area (Å²) >= 11 is 0. The molecule has 226 valence electrons. The first-order valence-electron chi connectivity index (χ1n) is 14.7. The Kier molecular flexibility index (Phi) is 9.70. The molecule has 5 aromatic carbocycles. The van der Waals surface area contributed by atoms with E-state index in [1.54, 1.807) is 67.6 Å². The number of carbonyl (C=O) groups is 3. The molecule has 1 atom stereocenters. The number of carboxylic acid groups (broad SMARTS) is 1. The van der Waals surface area contributed by atoms with E-state index in [-0.39, 0.29) is 18.0 Å². The fraction of sp³-hybridized carbons (Fsp3) is 0.132. The molecule has 45 heavy (non-hydrogen) atoms. The molecule has 0 spiro atoms. The molecule has 0 bridgehead atoms. The minimum absolute atomic E-state index is 0.111. The first-order valence-corrected chi connectivity index (χ1v) is 14.7. The second kappa shape index (κ2) is 14.2. The average molecular weight is 599 g/mol. The highest BCUT2D eigenvalue weighted by atomic mass is 16.5. The van der Waals surface area contributed by atoms with Crippen molar-refractivity contribution in [3.05, 3.63) is 150 Å². The molecule has 5 rings (SSSR count). The Morgan fingerprint density at radius 1 is 0.800 bits per heavy atom. The third-order valence-electron chi connectivity index (χ3n) is 7.43. The predicted molar refractivity (Wildman–Crippen MR) is 179 cm³/mol. The summed E-state index contributed by atoms with van der Waals surface area (Å²) in [6.45, 7) is 6.32. The van der Waals surface area contributed by atoms with E-state index in [0.717, 1.165) is 22.0 Å². The van der Waals surface area contributed by atoms with E-state index in [9.17, 15) is 19.5 Å². The molecule has 0 fully saturated rings. The fourth-order valence-corrected chi connectivity index (χ4v) is 5.12. The quantitative estimate of drug-likeness (QED) is 0.0694. The summed E-state index contributed by atoms with van der Waals surface area (Å²) < 4.78 is 5.94. The molecule has 0 aliphatic rings. The van der Waals surface area contributed by atoms with E-state index in [0.29, 0.717) is 46.9 Å². The smallest absolute Gasteiger partial charge is 0.326 e. The first-order chi connectivity index (χ1) is 21.8. The Hall–Kier alpha value is -5.69. The average Bonchev–Trinajstić information content (AvgIpc) is 3.07. The van der Waals surface area contributed by atoms with Gasteiger partial charge in [0, 0.05) is 40.7 Å². The molecule has 0 aliphatic heterocycles. The molecule has 0 heterocycles. The number of hydrogen-bond acceptors (Lipinski definition) is 6. The van der Waals surface area contributed by atoms with Gasteiger partial charge in [0.15, 0.2) is 11.6 Å². The van der Waals surface area contributed by atoms with Crippen LogP contribution < -0.4 is 15.4 Å². The van der Waals surface area contributed by atoms with Crippen LogP contribution in [-0.2, 0) is 11.2 Å². The van der Waals surface area contributed by atoms with Gasteiger partial charge < -0.3 is 20.5 Å². The minimum atomic E-state index is -1.03. The van der Waals surface area contributed by atoms with Crippen LogP contribution in [0, 0.1) is 0 Å². The number of para-hydroxylation sites is 1. The van der Waals surface area contributed by atoms with Gasteiger partial charge in [0.2, 0.25) is 0 Å². The number of rotatable bonds is 14. The zero-order valence-corrected chi connectivity index (χ0v) is 25.0. The van der Waals surface area contributed by atoms with E-state index in [4.69, 9.17) is 4.74 Å². The largest absolute Gasteiger partial charge is 0.492 e. The van der Waals surface area contributed by atoms with Crippen LogP contribution >= 0.6 is 0 Å². The lowest BCUT2D eigenvalue weighted by atomic mass is 9.98. The second-order valence-corrected chi connectivity index (χ2v) is 10.7. The SMILES string of the molecule is C=C(C)C(=O)c1ccc2ccccc2c1NCCOc1ccc(CC(Nc2ccccc2C(=O)c2ccccc2)C(=O)O)cc1. The third kappa shape index (κ3) is 7.46. The summed E-state index contributed by atoms with van der Waals surface area (Å²) in [5, 5.41) is 18.4. The van der Waals surface area contributed by atoms with Crippen LogP contribution in [0.5, 0.6) is 5.75 Å². The van der Waals surface area contributed by atoms with Crippen LogP contribution in [0.1, 0.15) is 38.8 Å². The highest BCUT2D eigenvalue weighted by Crippen LogP contribution is 2.29. The van der Waals surface area contributed by atoms with Crippen molar-refractivity contribution < 1.29 is 24.2 Å². The van der Waals surface area contributed by atoms with Gasteiger partial charge in [-0.05, 0) is 53.8 Å². The highest BCUT2D eigenvalue weighted by Gasteiger charge is 2.21. The number of anilines is 2. The molecular weight excluding hydrogens is 564 g/mol. The Balaban J connectivity index is 1.21. The zero-order chi connectivity index (χ0) is 31.8. The van der Waals surface area contributed by atoms with Gasteiger partial charge in [0.05, 0.1) is 5.69 Å². The van der Waals surface area contributed by atoms with E-state index in [2.05, 4.69) is 17.2 Å². The number of aliphatic carboxylic acids is 1. The van der Waals surface area contributed by atoms with Crippen molar-refractivity contribution in [1.82, 2.24) is 0 Å². The normalized spacial score (nSPS) is 11.4. The number of nitrogens with one attached hydrogen (secondary N) is 2. The molecule has 5 aromatic rings. The molecule has 0 aliphatic carbocycles. The van der Waals surface area contributed by atoms with E-state index in [1.165, 1.54) is 0 Å². The van der Waals surface area contributed by atoms with Gasteiger partial charge in [-0.2, -0.15) is 0 Å². The summed E-state index contributed by atoms with van der Waals surface area (Å²) in [6, 6.07) is 33.8. The number of ketones is 2. The van der Waals surface area contributed by atoms with Crippen LogP contribution in [0.4, 0.5) is 11.4 Å². The number of allylic oxidation sites excluding steroid dienone is 1. The van der Waals surface area contributed by atoms with Gasteiger partial charge in [0.1, 0.15) is 18.4 Å². The van der Waals surface area contributed by atoms with Crippen molar-refractivity contribution >= 4 is 39.7 Å². The van der Waals surface area contributed by atoms with Gasteiger partial charge in [-0.1, -0.05) is 91.5 Å². The maximum atomic E-state index is 13.1. The summed E-state index contributed by atoms with van der Waals surface area (Å²) in [5.74, 6) is -0.685. The zero-order valence-electron chi connectivity index (χ0n) is 25.0. The number of carboxylic acids is 1. The molecule has 0 saturated heterocycles. The van der Waals surface area contributed by atoms with Crippen molar-refractivity contribution in [3.8, 4) is 5.75 Å². The molecule has 0 amide bonds. The Morgan fingerprint density at radius 2 is 1.49 bits per heavy atom. The number of hydrogen-bond donors (Lipinski definition) is 3. The van der Waals surface area contributed by atoms with Crippen molar-refractivity contribution in [1.29, 1.82) is 0 Å².